The van der Waals surface area contributed by atoms with Gasteiger partial charge in [-0.3, -0.25) is 4.79 Å². The van der Waals surface area contributed by atoms with Crippen molar-refractivity contribution >= 4 is 35.9 Å². The molecule has 0 bridgehead atoms. The van der Waals surface area contributed by atoms with Gasteiger partial charge in [0.25, 0.3) is 0 Å². The number of methoxy groups -OCH3 is 1. The minimum atomic E-state index is -1.18. The summed E-state index contributed by atoms with van der Waals surface area (Å²) in [5.41, 5.74) is 0.708. The number of unbranched alkanes of at least 4 members (excludes halogenated alkanes) is 20. The Hall–Kier alpha value is -4.17. The molecule has 0 radical (unpaired) electrons. The van der Waals surface area contributed by atoms with E-state index in [0.29, 0.717) is 23.7 Å². The van der Waals surface area contributed by atoms with Crippen LogP contribution in [-0.4, -0.2) is 98.0 Å². The highest BCUT2D eigenvalue weighted by Crippen LogP contribution is 2.28. The predicted molar refractivity (Wildman–Crippen MR) is 214 cm³/mol. The van der Waals surface area contributed by atoms with E-state index in [2.05, 4.69) is 0 Å². The predicted octanol–water partition coefficient (Wildman–Crippen LogP) is 8.41. The molecule has 1 rings (SSSR count). The number of carbonyl (C=O) groups excluding carboxylic acids is 2. The van der Waals surface area contributed by atoms with E-state index in [1.807, 2.05) is 0 Å². The van der Waals surface area contributed by atoms with Crippen LogP contribution in [0.5, 0.6) is 11.5 Å². The molecular formula is C43H68O14. The first-order chi connectivity index (χ1) is 27.6. The molecule has 0 aliphatic heterocycles. The molecule has 0 fully saturated rings. The quantitative estimate of drug-likeness (QED) is 0.0325. The summed E-state index contributed by atoms with van der Waals surface area (Å²) in [5.74, 6) is -3.50. The van der Waals surface area contributed by atoms with Crippen molar-refractivity contribution in [3.63, 3.8) is 0 Å². The zero-order chi connectivity index (χ0) is 41.8. The minimum Gasteiger partial charge on any atom is -0.493 e. The fourth-order valence-electron chi connectivity index (χ4n) is 6.03. The first kappa shape index (κ1) is 50.8. The van der Waals surface area contributed by atoms with Gasteiger partial charge in [-0.1, -0.05) is 128 Å². The second-order valence-corrected chi connectivity index (χ2v) is 14.2. The van der Waals surface area contributed by atoms with Gasteiger partial charge in [-0.05, 0) is 36.6 Å². The number of carbonyl (C=O) groups is 5. The number of aliphatic carboxylic acids is 3. The third-order valence-electron chi connectivity index (χ3n) is 9.12. The molecule has 0 aliphatic carbocycles. The molecule has 57 heavy (non-hydrogen) atoms. The molecule has 1 atom stereocenters. The van der Waals surface area contributed by atoms with Crippen LogP contribution < -0.4 is 9.47 Å². The molecule has 0 aliphatic rings. The molecule has 1 aromatic rings. The summed E-state index contributed by atoms with van der Waals surface area (Å²) >= 11 is 0. The van der Waals surface area contributed by atoms with E-state index in [1.165, 1.54) is 103 Å². The highest BCUT2D eigenvalue weighted by Gasteiger charge is 2.16. The maximum atomic E-state index is 12.1. The maximum absolute atomic E-state index is 12.1. The Bertz CT molecular complexity index is 1280. The molecular weight excluding hydrogens is 740 g/mol. The third-order valence-corrected chi connectivity index (χ3v) is 9.12. The van der Waals surface area contributed by atoms with Gasteiger partial charge in [-0.2, -0.15) is 0 Å². The van der Waals surface area contributed by atoms with Crippen molar-refractivity contribution in [2.75, 3.05) is 46.8 Å². The lowest BCUT2D eigenvalue weighted by Gasteiger charge is -2.16. The van der Waals surface area contributed by atoms with E-state index >= 15 is 0 Å². The number of hydrogen-bond donors (Lipinski definition) is 3. The first-order valence-electron chi connectivity index (χ1n) is 20.8. The van der Waals surface area contributed by atoms with Crippen molar-refractivity contribution in [1.82, 2.24) is 0 Å². The average molecular weight is 809 g/mol. The van der Waals surface area contributed by atoms with Gasteiger partial charge in [0, 0.05) is 12.5 Å². The van der Waals surface area contributed by atoms with E-state index in [0.717, 1.165) is 44.9 Å². The summed E-state index contributed by atoms with van der Waals surface area (Å²) < 4.78 is 30.9. The van der Waals surface area contributed by atoms with Crippen molar-refractivity contribution in [2.45, 2.75) is 147 Å². The number of ether oxygens (including phenoxy) is 6. The van der Waals surface area contributed by atoms with Crippen molar-refractivity contribution in [2.24, 2.45) is 0 Å². The van der Waals surface area contributed by atoms with Crippen molar-refractivity contribution in [3.8, 4) is 11.5 Å². The van der Waals surface area contributed by atoms with E-state index in [1.54, 1.807) is 24.3 Å². The van der Waals surface area contributed by atoms with Gasteiger partial charge >= 0.3 is 29.8 Å². The van der Waals surface area contributed by atoms with E-state index in [4.69, 9.17) is 43.7 Å². The van der Waals surface area contributed by atoms with Gasteiger partial charge < -0.3 is 43.7 Å². The van der Waals surface area contributed by atoms with E-state index < -0.39 is 49.8 Å². The topological polar surface area (TPSA) is 201 Å². The first-order valence-corrected chi connectivity index (χ1v) is 20.8. The zero-order valence-corrected chi connectivity index (χ0v) is 34.1. The van der Waals surface area contributed by atoms with Crippen LogP contribution in [0, 0.1) is 0 Å². The van der Waals surface area contributed by atoms with Crippen LogP contribution in [-0.2, 0) is 42.9 Å². The van der Waals surface area contributed by atoms with Crippen LogP contribution in [0.2, 0.25) is 0 Å². The Morgan fingerprint density at radius 3 is 1.56 bits per heavy atom. The fourth-order valence-corrected chi connectivity index (χ4v) is 6.03. The van der Waals surface area contributed by atoms with Crippen molar-refractivity contribution < 1.29 is 67.7 Å². The second-order valence-electron chi connectivity index (χ2n) is 14.2. The molecule has 0 amide bonds. The number of carboxylic acid groups (broad SMARTS) is 3. The second kappa shape index (κ2) is 35.0. The Labute approximate surface area is 338 Å². The summed E-state index contributed by atoms with van der Waals surface area (Å²) in [4.78, 5) is 56.1. The Morgan fingerprint density at radius 2 is 1.07 bits per heavy atom. The summed E-state index contributed by atoms with van der Waals surface area (Å²) in [6.45, 7) is -1.57. The third kappa shape index (κ3) is 31.6. The molecule has 3 N–H and O–H groups in total. The largest absolute Gasteiger partial charge is 0.493 e. The average Bonchev–Trinajstić information content (AvgIpc) is 3.18. The van der Waals surface area contributed by atoms with Gasteiger partial charge in [0.05, 0.1) is 20.3 Å². The molecule has 1 unspecified atom stereocenters. The standard InChI is InChI=1S/C43H68O14/c1-52-38-29-35(24-26-37(38)56-34-41(48)49)25-27-43(51)54-28-22-20-18-16-14-12-10-8-6-4-2-3-5-7-9-11-13-15-17-19-21-23-42(50)57-31-36(55-33-40(46)47)30-53-32-39(44)45/h24-27,29,36H,2-23,28,30-34H2,1H3,(H,44,45)(H,46,47)(H,48,49). The van der Waals surface area contributed by atoms with Gasteiger partial charge in [-0.25, -0.2) is 19.2 Å². The highest BCUT2D eigenvalue weighted by atomic mass is 16.6. The highest BCUT2D eigenvalue weighted by molar-refractivity contribution is 5.87. The molecule has 0 aromatic heterocycles. The van der Waals surface area contributed by atoms with Crippen molar-refractivity contribution in [3.05, 3.63) is 29.8 Å². The lowest BCUT2D eigenvalue weighted by Crippen LogP contribution is -2.30. The van der Waals surface area contributed by atoms with Crippen LogP contribution in [0.25, 0.3) is 6.08 Å². The van der Waals surface area contributed by atoms with Gasteiger partial charge in [-0.15, -0.1) is 0 Å². The number of benzene rings is 1. The zero-order valence-electron chi connectivity index (χ0n) is 34.1. The van der Waals surface area contributed by atoms with E-state index in [9.17, 15) is 24.0 Å². The number of esters is 2. The molecule has 0 saturated carbocycles. The van der Waals surface area contributed by atoms with Gasteiger partial charge in [0.1, 0.15) is 25.9 Å². The number of carboxylic acids is 3. The smallest absolute Gasteiger partial charge is 0.341 e. The Morgan fingerprint density at radius 1 is 0.579 bits per heavy atom. The van der Waals surface area contributed by atoms with Crippen LogP contribution >= 0.6 is 0 Å². The van der Waals surface area contributed by atoms with E-state index in [-0.39, 0.29) is 25.6 Å². The van der Waals surface area contributed by atoms with Gasteiger partial charge in [0.2, 0.25) is 0 Å². The summed E-state index contributed by atoms with van der Waals surface area (Å²) in [6, 6.07) is 4.97. The summed E-state index contributed by atoms with van der Waals surface area (Å²) in [7, 11) is 1.46. The summed E-state index contributed by atoms with van der Waals surface area (Å²) in [5, 5.41) is 26.2. The monoisotopic (exact) mass is 808 g/mol. The number of rotatable bonds is 39. The molecule has 0 heterocycles. The normalized spacial score (nSPS) is 11.7. The Kier molecular flexibility index (Phi) is 31.2. The Balaban J connectivity index is 1.86. The fraction of sp³-hybridized carbons (Fsp3) is 0.698. The molecule has 0 saturated heterocycles. The summed E-state index contributed by atoms with van der Waals surface area (Å²) in [6.07, 6.45) is 27.4. The molecule has 0 spiro atoms. The number of hydrogen-bond acceptors (Lipinski definition) is 11. The van der Waals surface area contributed by atoms with Crippen molar-refractivity contribution in [1.29, 1.82) is 0 Å². The molecule has 14 heteroatoms. The molecule has 1 aromatic carbocycles. The maximum Gasteiger partial charge on any atom is 0.341 e. The molecule has 324 valence electrons. The lowest BCUT2D eigenvalue weighted by atomic mass is 10.0. The molecule has 14 nitrogen and oxygen atoms in total. The SMILES string of the molecule is COc1cc(C=CC(=O)OCCCCCCCCCCCCCCCCCCCCCCCC(=O)OCC(COCC(=O)O)OCC(=O)O)ccc1OCC(=O)O. The minimum absolute atomic E-state index is 0.181. The van der Waals surface area contributed by atoms with Crippen LogP contribution in [0.4, 0.5) is 0 Å². The van der Waals surface area contributed by atoms with Gasteiger partial charge in [0.15, 0.2) is 18.1 Å². The van der Waals surface area contributed by atoms with Crippen LogP contribution in [0.1, 0.15) is 147 Å². The lowest BCUT2D eigenvalue weighted by molar-refractivity contribution is -0.157. The van der Waals surface area contributed by atoms with Crippen LogP contribution in [0.3, 0.4) is 0 Å². The van der Waals surface area contributed by atoms with Crippen LogP contribution in [0.15, 0.2) is 24.3 Å².